The summed E-state index contributed by atoms with van der Waals surface area (Å²) >= 11 is 6.01. The quantitative estimate of drug-likeness (QED) is 0.887. The first-order valence-electron chi connectivity index (χ1n) is 7.02. The molecule has 0 aliphatic heterocycles. The number of rotatable bonds is 5. The highest BCUT2D eigenvalue weighted by atomic mass is 35.5. The van der Waals surface area contributed by atoms with Gasteiger partial charge < -0.3 is 15.4 Å². The molecule has 0 saturated heterocycles. The molecule has 1 aliphatic carbocycles. The lowest BCUT2D eigenvalue weighted by atomic mass is 10.2. The second kappa shape index (κ2) is 6.23. The van der Waals surface area contributed by atoms with E-state index in [0.29, 0.717) is 28.1 Å². The molecule has 0 spiro atoms. The molecule has 1 fully saturated rings. The van der Waals surface area contributed by atoms with E-state index >= 15 is 0 Å². The van der Waals surface area contributed by atoms with Gasteiger partial charge in [0, 0.05) is 17.3 Å². The van der Waals surface area contributed by atoms with Crippen molar-refractivity contribution in [2.75, 3.05) is 12.4 Å². The fourth-order valence-electron chi connectivity index (χ4n) is 2.06. The van der Waals surface area contributed by atoms with Crippen LogP contribution in [0.1, 0.15) is 23.2 Å². The molecular weight excluding hydrogens is 302 g/mol. The minimum Gasteiger partial charge on any atom is -0.495 e. The number of amides is 1. The number of benzene rings is 1. The van der Waals surface area contributed by atoms with E-state index < -0.39 is 0 Å². The molecule has 2 N–H and O–H groups in total. The van der Waals surface area contributed by atoms with Crippen molar-refractivity contribution in [3.63, 3.8) is 0 Å². The number of hydrogen-bond donors (Lipinski definition) is 2. The van der Waals surface area contributed by atoms with Gasteiger partial charge in [-0.1, -0.05) is 11.6 Å². The van der Waals surface area contributed by atoms with Crippen molar-refractivity contribution < 1.29 is 9.53 Å². The van der Waals surface area contributed by atoms with Gasteiger partial charge in [0.05, 0.1) is 30.2 Å². The van der Waals surface area contributed by atoms with Crippen LogP contribution in [0.5, 0.6) is 5.75 Å². The van der Waals surface area contributed by atoms with Crippen LogP contribution in [0.3, 0.4) is 0 Å². The zero-order valence-corrected chi connectivity index (χ0v) is 12.9. The molecule has 3 rings (SSSR count). The van der Waals surface area contributed by atoms with Gasteiger partial charge in [0.2, 0.25) is 0 Å². The molecule has 1 heterocycles. The average molecular weight is 318 g/mol. The van der Waals surface area contributed by atoms with Gasteiger partial charge in [-0.25, -0.2) is 0 Å². The Balaban J connectivity index is 1.80. The summed E-state index contributed by atoms with van der Waals surface area (Å²) in [6.07, 6.45) is 5.31. The van der Waals surface area contributed by atoms with E-state index in [-0.39, 0.29) is 5.91 Å². The molecule has 0 unspecified atom stereocenters. The van der Waals surface area contributed by atoms with Crippen LogP contribution in [0.25, 0.3) is 0 Å². The van der Waals surface area contributed by atoms with E-state index in [9.17, 15) is 4.79 Å². The van der Waals surface area contributed by atoms with Gasteiger partial charge in [-0.05, 0) is 37.1 Å². The van der Waals surface area contributed by atoms with Crippen molar-refractivity contribution in [1.82, 2.24) is 10.3 Å². The van der Waals surface area contributed by atoms with Crippen molar-refractivity contribution in [1.29, 1.82) is 0 Å². The summed E-state index contributed by atoms with van der Waals surface area (Å²) < 4.78 is 5.29. The third kappa shape index (κ3) is 3.49. The number of ether oxygens (including phenoxy) is 1. The van der Waals surface area contributed by atoms with E-state index in [4.69, 9.17) is 16.3 Å². The van der Waals surface area contributed by atoms with E-state index in [0.717, 1.165) is 18.5 Å². The number of carbonyl (C=O) groups excluding carboxylic acids is 1. The highest BCUT2D eigenvalue weighted by molar-refractivity contribution is 6.31. The molecule has 1 aliphatic rings. The van der Waals surface area contributed by atoms with Crippen molar-refractivity contribution in [3.8, 4) is 5.75 Å². The van der Waals surface area contributed by atoms with Gasteiger partial charge in [-0.15, -0.1) is 0 Å². The Hall–Kier alpha value is -2.27. The first-order chi connectivity index (χ1) is 10.7. The van der Waals surface area contributed by atoms with Crippen molar-refractivity contribution in [3.05, 3.63) is 47.2 Å². The Bertz CT molecular complexity index is 702. The highest BCUT2D eigenvalue weighted by Crippen LogP contribution is 2.30. The summed E-state index contributed by atoms with van der Waals surface area (Å²) in [5, 5.41) is 6.71. The molecule has 0 atom stereocenters. The van der Waals surface area contributed by atoms with Crippen molar-refractivity contribution >= 4 is 28.9 Å². The molecule has 5 nitrogen and oxygen atoms in total. The van der Waals surface area contributed by atoms with E-state index in [2.05, 4.69) is 15.6 Å². The molecule has 2 aromatic rings. The molecular formula is C16H16ClN3O2. The van der Waals surface area contributed by atoms with E-state index in [1.54, 1.807) is 43.8 Å². The summed E-state index contributed by atoms with van der Waals surface area (Å²) in [7, 11) is 1.59. The van der Waals surface area contributed by atoms with Crippen LogP contribution < -0.4 is 15.4 Å². The monoisotopic (exact) mass is 317 g/mol. The van der Waals surface area contributed by atoms with Gasteiger partial charge in [0.1, 0.15) is 5.75 Å². The summed E-state index contributed by atoms with van der Waals surface area (Å²) in [6, 6.07) is 7.37. The molecule has 22 heavy (non-hydrogen) atoms. The second-order valence-corrected chi connectivity index (χ2v) is 5.62. The lowest BCUT2D eigenvalue weighted by molar-refractivity contribution is 0.0951. The Labute approximate surface area is 133 Å². The van der Waals surface area contributed by atoms with Crippen molar-refractivity contribution in [2.45, 2.75) is 18.9 Å². The number of carbonyl (C=O) groups is 1. The van der Waals surface area contributed by atoms with Crippen LogP contribution in [-0.2, 0) is 0 Å². The first kappa shape index (κ1) is 14.7. The summed E-state index contributed by atoms with van der Waals surface area (Å²) in [5.41, 5.74) is 1.94. The Morgan fingerprint density at radius 1 is 1.32 bits per heavy atom. The smallest absolute Gasteiger partial charge is 0.253 e. The number of methoxy groups -OCH3 is 1. The minimum absolute atomic E-state index is 0.100. The SMILES string of the molecule is COc1ccc(Cl)cc1Nc1cncc(C(=O)NC2CC2)c1. The number of halogens is 1. The number of aromatic nitrogens is 1. The maximum Gasteiger partial charge on any atom is 0.253 e. The van der Waals surface area contributed by atoms with Gasteiger partial charge in [0.25, 0.3) is 5.91 Å². The number of pyridine rings is 1. The largest absolute Gasteiger partial charge is 0.495 e. The molecule has 114 valence electrons. The van der Waals surface area contributed by atoms with Crippen LogP contribution in [0.15, 0.2) is 36.7 Å². The fourth-order valence-corrected chi connectivity index (χ4v) is 2.23. The number of hydrogen-bond acceptors (Lipinski definition) is 4. The maximum atomic E-state index is 12.1. The van der Waals surface area contributed by atoms with Gasteiger partial charge in [-0.2, -0.15) is 0 Å². The number of anilines is 2. The van der Waals surface area contributed by atoms with Crippen LogP contribution in [-0.4, -0.2) is 24.0 Å². The molecule has 1 saturated carbocycles. The van der Waals surface area contributed by atoms with Crippen LogP contribution in [0.2, 0.25) is 5.02 Å². The van der Waals surface area contributed by atoms with Gasteiger partial charge >= 0.3 is 0 Å². The molecule has 0 radical (unpaired) electrons. The third-order valence-corrected chi connectivity index (χ3v) is 3.59. The Morgan fingerprint density at radius 2 is 2.14 bits per heavy atom. The van der Waals surface area contributed by atoms with Crippen LogP contribution in [0.4, 0.5) is 11.4 Å². The summed E-state index contributed by atoms with van der Waals surface area (Å²) in [4.78, 5) is 16.2. The normalized spacial score (nSPS) is 13.5. The van der Waals surface area contributed by atoms with E-state index in [1.807, 2.05) is 0 Å². The summed E-state index contributed by atoms with van der Waals surface area (Å²) in [5.74, 6) is 0.564. The van der Waals surface area contributed by atoms with Crippen LogP contribution >= 0.6 is 11.6 Å². The van der Waals surface area contributed by atoms with Gasteiger partial charge in [-0.3, -0.25) is 9.78 Å². The molecule has 6 heteroatoms. The van der Waals surface area contributed by atoms with Crippen LogP contribution in [0, 0.1) is 0 Å². The summed E-state index contributed by atoms with van der Waals surface area (Å²) in [6.45, 7) is 0. The average Bonchev–Trinajstić information content (AvgIpc) is 3.32. The van der Waals surface area contributed by atoms with Gasteiger partial charge in [0.15, 0.2) is 0 Å². The third-order valence-electron chi connectivity index (χ3n) is 3.35. The lowest BCUT2D eigenvalue weighted by Crippen LogP contribution is -2.25. The number of nitrogens with one attached hydrogen (secondary N) is 2. The molecule has 0 bridgehead atoms. The minimum atomic E-state index is -0.100. The van der Waals surface area contributed by atoms with Crippen molar-refractivity contribution in [2.24, 2.45) is 0 Å². The second-order valence-electron chi connectivity index (χ2n) is 5.18. The maximum absolute atomic E-state index is 12.1. The standard InChI is InChI=1S/C16H16ClN3O2/c1-22-15-5-2-11(17)7-14(15)19-13-6-10(8-18-9-13)16(21)20-12-3-4-12/h2,5-9,12,19H,3-4H2,1H3,(H,20,21). The van der Waals surface area contributed by atoms with E-state index in [1.165, 1.54) is 0 Å². The fraction of sp³-hybridized carbons (Fsp3) is 0.250. The highest BCUT2D eigenvalue weighted by Gasteiger charge is 2.24. The zero-order valence-electron chi connectivity index (χ0n) is 12.1. The Morgan fingerprint density at radius 3 is 2.86 bits per heavy atom. The number of nitrogens with zero attached hydrogens (tertiary/aromatic N) is 1. The molecule has 1 aromatic heterocycles. The Kier molecular flexibility index (Phi) is 4.15. The topological polar surface area (TPSA) is 63.2 Å². The first-order valence-corrected chi connectivity index (χ1v) is 7.40. The predicted octanol–water partition coefficient (Wildman–Crippen LogP) is 3.38. The molecule has 1 aromatic carbocycles. The molecule has 1 amide bonds. The zero-order chi connectivity index (χ0) is 15.5. The predicted molar refractivity (Wildman–Crippen MR) is 86.0 cm³/mol. The lowest BCUT2D eigenvalue weighted by Gasteiger charge is -2.12.